The van der Waals surface area contributed by atoms with E-state index in [9.17, 15) is 4.79 Å². The predicted octanol–water partition coefficient (Wildman–Crippen LogP) is 3.64. The molecule has 1 unspecified atom stereocenters. The minimum Gasteiger partial charge on any atom is -0.359 e. The number of rotatable bonds is 4. The van der Waals surface area contributed by atoms with Crippen LogP contribution in [-0.4, -0.2) is 18.5 Å². The van der Waals surface area contributed by atoms with Crippen LogP contribution in [0.1, 0.15) is 25.0 Å². The van der Waals surface area contributed by atoms with Crippen LogP contribution in [0.25, 0.3) is 0 Å². The fourth-order valence-corrected chi connectivity index (χ4v) is 3.17. The second-order valence-electron chi connectivity index (χ2n) is 5.87. The maximum Gasteiger partial charge on any atom is 0.243 e. The second kappa shape index (κ2) is 6.22. The van der Waals surface area contributed by atoms with Gasteiger partial charge in [0.2, 0.25) is 5.91 Å². The van der Waals surface area contributed by atoms with Crippen molar-refractivity contribution in [1.82, 2.24) is 0 Å². The van der Waals surface area contributed by atoms with Gasteiger partial charge in [0.1, 0.15) is 0 Å². The summed E-state index contributed by atoms with van der Waals surface area (Å²) in [6.45, 7) is 4.67. The van der Waals surface area contributed by atoms with Crippen molar-refractivity contribution >= 4 is 17.3 Å². The Hall–Kier alpha value is -2.29. The third-order valence-electron chi connectivity index (χ3n) is 4.33. The Morgan fingerprint density at radius 2 is 1.91 bits per heavy atom. The van der Waals surface area contributed by atoms with Gasteiger partial charge in [-0.2, -0.15) is 0 Å². The van der Waals surface area contributed by atoms with Crippen molar-refractivity contribution in [3.63, 3.8) is 0 Å². The molecule has 3 nitrogen and oxygen atoms in total. The summed E-state index contributed by atoms with van der Waals surface area (Å²) in [4.78, 5) is 14.6. The topological polar surface area (TPSA) is 32.3 Å². The molecule has 1 heterocycles. The monoisotopic (exact) mass is 294 g/mol. The Kier molecular flexibility index (Phi) is 4.14. The van der Waals surface area contributed by atoms with Gasteiger partial charge >= 0.3 is 0 Å². The van der Waals surface area contributed by atoms with E-state index in [2.05, 4.69) is 48.3 Å². The van der Waals surface area contributed by atoms with Crippen LogP contribution in [0.5, 0.6) is 0 Å². The van der Waals surface area contributed by atoms with Gasteiger partial charge in [0.15, 0.2) is 0 Å². The summed E-state index contributed by atoms with van der Waals surface area (Å²) in [6.07, 6.45) is 1.93. The number of carbonyl (C=O) groups is 1. The molecule has 0 radical (unpaired) electrons. The quantitative estimate of drug-likeness (QED) is 0.933. The average Bonchev–Trinajstić information content (AvgIpc) is 2.84. The van der Waals surface area contributed by atoms with E-state index in [-0.39, 0.29) is 5.91 Å². The molecule has 0 fully saturated rings. The maximum atomic E-state index is 12.4. The van der Waals surface area contributed by atoms with Gasteiger partial charge in [-0.15, -0.1) is 0 Å². The first-order valence-corrected chi connectivity index (χ1v) is 7.91. The molecule has 22 heavy (non-hydrogen) atoms. The molecule has 1 aliphatic rings. The number of fused-ring (bicyclic) bond motifs is 1. The Bertz CT molecular complexity index is 681. The number of aryl methyl sites for hydroxylation is 1. The number of hydrogen-bond acceptors (Lipinski definition) is 2. The van der Waals surface area contributed by atoms with Crippen LogP contribution in [0.15, 0.2) is 48.5 Å². The molecule has 2 aromatic rings. The van der Waals surface area contributed by atoms with Crippen molar-refractivity contribution in [2.45, 2.75) is 32.7 Å². The van der Waals surface area contributed by atoms with Crippen LogP contribution < -0.4 is 10.2 Å². The van der Waals surface area contributed by atoms with Crippen LogP contribution in [-0.2, 0) is 17.6 Å². The standard InChI is InChI=1S/C19H22N2O/c1-3-15-8-4-6-10-17(15)20-19(22)13-21-14(2)12-16-9-5-7-11-18(16)21/h4-11,14H,3,12-13H2,1-2H3,(H,20,22). The molecule has 1 amide bonds. The van der Waals surface area contributed by atoms with Gasteiger partial charge in [-0.05, 0) is 43.0 Å². The van der Waals surface area contributed by atoms with Gasteiger partial charge in [0.05, 0.1) is 6.54 Å². The van der Waals surface area contributed by atoms with Crippen LogP contribution in [0.3, 0.4) is 0 Å². The highest BCUT2D eigenvalue weighted by Gasteiger charge is 2.27. The number of carbonyl (C=O) groups excluding carboxylic acids is 1. The summed E-state index contributed by atoms with van der Waals surface area (Å²) in [6, 6.07) is 16.7. The molecule has 1 aliphatic heterocycles. The van der Waals surface area contributed by atoms with E-state index >= 15 is 0 Å². The number of nitrogens with one attached hydrogen (secondary N) is 1. The Balaban J connectivity index is 1.72. The molecule has 0 aromatic heterocycles. The maximum absolute atomic E-state index is 12.4. The smallest absolute Gasteiger partial charge is 0.243 e. The zero-order chi connectivity index (χ0) is 15.5. The fraction of sp³-hybridized carbons (Fsp3) is 0.316. The zero-order valence-electron chi connectivity index (χ0n) is 13.2. The number of amides is 1. The Labute approximate surface area is 132 Å². The SMILES string of the molecule is CCc1ccccc1NC(=O)CN1c2ccccc2CC1C. The average molecular weight is 294 g/mol. The molecule has 3 heteroatoms. The van der Waals surface area contributed by atoms with E-state index in [1.165, 1.54) is 16.8 Å². The summed E-state index contributed by atoms with van der Waals surface area (Å²) < 4.78 is 0. The normalized spacial score (nSPS) is 16.5. The molecule has 0 saturated heterocycles. The van der Waals surface area contributed by atoms with Crippen molar-refractivity contribution in [1.29, 1.82) is 0 Å². The lowest BCUT2D eigenvalue weighted by atomic mass is 10.1. The van der Waals surface area contributed by atoms with E-state index < -0.39 is 0 Å². The van der Waals surface area contributed by atoms with E-state index in [1.807, 2.05) is 24.3 Å². The molecule has 1 atom stereocenters. The van der Waals surface area contributed by atoms with Gasteiger partial charge in [-0.1, -0.05) is 43.3 Å². The minimum absolute atomic E-state index is 0.0458. The molecular formula is C19H22N2O. The third-order valence-corrected chi connectivity index (χ3v) is 4.33. The summed E-state index contributed by atoms with van der Waals surface area (Å²) in [7, 11) is 0. The molecular weight excluding hydrogens is 272 g/mol. The van der Waals surface area contributed by atoms with E-state index in [0.29, 0.717) is 12.6 Å². The summed E-state index contributed by atoms with van der Waals surface area (Å²) in [5, 5.41) is 3.06. The number of nitrogens with zero attached hydrogens (tertiary/aromatic N) is 1. The minimum atomic E-state index is 0.0458. The van der Waals surface area contributed by atoms with Gasteiger partial charge < -0.3 is 10.2 Å². The van der Waals surface area contributed by atoms with E-state index in [0.717, 1.165) is 18.5 Å². The summed E-state index contributed by atoms with van der Waals surface area (Å²) in [5.74, 6) is 0.0458. The number of benzene rings is 2. The molecule has 3 rings (SSSR count). The molecule has 0 spiro atoms. The lowest BCUT2D eigenvalue weighted by Crippen LogP contribution is -2.37. The number of para-hydroxylation sites is 2. The van der Waals surface area contributed by atoms with Crippen molar-refractivity contribution in [2.75, 3.05) is 16.8 Å². The van der Waals surface area contributed by atoms with Gasteiger partial charge in [-0.25, -0.2) is 0 Å². The Morgan fingerprint density at radius 1 is 1.18 bits per heavy atom. The first-order chi connectivity index (χ1) is 10.7. The lowest BCUT2D eigenvalue weighted by Gasteiger charge is -2.24. The molecule has 0 bridgehead atoms. The molecule has 0 saturated carbocycles. The first-order valence-electron chi connectivity index (χ1n) is 7.91. The molecule has 0 aliphatic carbocycles. The summed E-state index contributed by atoms with van der Waals surface area (Å²) >= 11 is 0. The van der Waals surface area contributed by atoms with Crippen LogP contribution >= 0.6 is 0 Å². The first kappa shape index (κ1) is 14.6. The number of anilines is 2. The molecule has 114 valence electrons. The van der Waals surface area contributed by atoms with E-state index in [1.54, 1.807) is 0 Å². The lowest BCUT2D eigenvalue weighted by molar-refractivity contribution is -0.115. The summed E-state index contributed by atoms with van der Waals surface area (Å²) in [5.41, 5.74) is 4.62. The van der Waals surface area contributed by atoms with Crippen molar-refractivity contribution < 1.29 is 4.79 Å². The zero-order valence-corrected chi connectivity index (χ0v) is 13.2. The highest BCUT2D eigenvalue weighted by molar-refractivity contribution is 5.95. The molecule has 1 N–H and O–H groups in total. The third kappa shape index (κ3) is 2.84. The second-order valence-corrected chi connectivity index (χ2v) is 5.87. The van der Waals surface area contributed by atoms with Crippen molar-refractivity contribution in [2.24, 2.45) is 0 Å². The van der Waals surface area contributed by atoms with E-state index in [4.69, 9.17) is 0 Å². The van der Waals surface area contributed by atoms with Crippen LogP contribution in [0.4, 0.5) is 11.4 Å². The van der Waals surface area contributed by atoms with Crippen molar-refractivity contribution in [3.05, 3.63) is 59.7 Å². The predicted molar refractivity (Wildman–Crippen MR) is 91.4 cm³/mol. The Morgan fingerprint density at radius 3 is 2.73 bits per heavy atom. The molecule has 2 aromatic carbocycles. The van der Waals surface area contributed by atoms with Crippen LogP contribution in [0.2, 0.25) is 0 Å². The van der Waals surface area contributed by atoms with Gasteiger partial charge in [0, 0.05) is 17.4 Å². The van der Waals surface area contributed by atoms with Gasteiger partial charge in [0.25, 0.3) is 0 Å². The highest BCUT2D eigenvalue weighted by Crippen LogP contribution is 2.31. The van der Waals surface area contributed by atoms with Crippen molar-refractivity contribution in [3.8, 4) is 0 Å². The largest absolute Gasteiger partial charge is 0.359 e. The van der Waals surface area contributed by atoms with Crippen LogP contribution in [0, 0.1) is 0 Å². The highest BCUT2D eigenvalue weighted by atomic mass is 16.2. The number of hydrogen-bond donors (Lipinski definition) is 1. The van der Waals surface area contributed by atoms with Gasteiger partial charge in [-0.3, -0.25) is 4.79 Å². The fourth-order valence-electron chi connectivity index (χ4n) is 3.17.